The Morgan fingerprint density at radius 2 is 1.96 bits per heavy atom. The first-order chi connectivity index (χ1) is 11.4. The molecule has 0 aliphatic carbocycles. The van der Waals surface area contributed by atoms with Crippen LogP contribution in [-0.2, 0) is 16.6 Å². The smallest absolute Gasteiger partial charge is 0.272 e. The number of aryl methyl sites for hydroxylation is 2. The number of hydrogen-bond donors (Lipinski definition) is 0. The quantitative estimate of drug-likeness (QED) is 0.789. The van der Waals surface area contributed by atoms with E-state index in [1.165, 1.54) is 14.5 Å². The molecule has 0 bridgehead atoms. The van der Waals surface area contributed by atoms with Gasteiger partial charge in [0.2, 0.25) is 5.67 Å². The van der Waals surface area contributed by atoms with Gasteiger partial charge in [0.25, 0.3) is 11.8 Å². The molecule has 3 heterocycles. The average Bonchev–Trinajstić information content (AvgIpc) is 2.92. The van der Waals surface area contributed by atoms with Gasteiger partial charge in [-0.1, -0.05) is 0 Å². The van der Waals surface area contributed by atoms with Crippen LogP contribution in [0.25, 0.3) is 0 Å². The largest absolute Gasteiger partial charge is 0.378 e. The van der Waals surface area contributed by atoms with Crippen molar-refractivity contribution in [2.45, 2.75) is 25.4 Å². The van der Waals surface area contributed by atoms with E-state index in [-0.39, 0.29) is 18.9 Å². The lowest BCUT2D eigenvalue weighted by Gasteiger charge is -2.39. The standard InChI is InChI=1S/C16H23FN4O3/c1-12-10-13(19(2)18-12)14(22)21-5-3-4-16(17,11-21)15(23)20-6-8-24-9-7-20/h10H,3-9,11H2,1-2H3. The van der Waals surface area contributed by atoms with Crippen molar-refractivity contribution >= 4 is 11.8 Å². The first-order valence-corrected chi connectivity index (χ1v) is 8.27. The van der Waals surface area contributed by atoms with E-state index >= 15 is 4.39 Å². The molecular weight excluding hydrogens is 315 g/mol. The molecule has 2 amide bonds. The lowest BCUT2D eigenvalue weighted by molar-refractivity contribution is -0.151. The number of rotatable bonds is 2. The zero-order chi connectivity index (χ0) is 17.3. The summed E-state index contributed by atoms with van der Waals surface area (Å²) in [5.74, 6) is -0.806. The Kier molecular flexibility index (Phi) is 4.58. The number of alkyl halides is 1. The van der Waals surface area contributed by atoms with Crippen LogP contribution in [-0.4, -0.2) is 76.5 Å². The van der Waals surface area contributed by atoms with E-state index in [4.69, 9.17) is 4.74 Å². The molecule has 2 aliphatic heterocycles. The van der Waals surface area contributed by atoms with E-state index in [2.05, 4.69) is 5.10 Å². The van der Waals surface area contributed by atoms with Crippen molar-refractivity contribution in [3.05, 3.63) is 17.5 Å². The van der Waals surface area contributed by atoms with Gasteiger partial charge in [0, 0.05) is 26.7 Å². The van der Waals surface area contributed by atoms with Gasteiger partial charge >= 0.3 is 0 Å². The molecule has 1 atom stereocenters. The van der Waals surface area contributed by atoms with Gasteiger partial charge in [-0.25, -0.2) is 4.39 Å². The first-order valence-electron chi connectivity index (χ1n) is 8.27. The second kappa shape index (κ2) is 6.51. The molecule has 0 saturated carbocycles. The Hall–Kier alpha value is -1.96. The number of ether oxygens (including phenoxy) is 1. The Morgan fingerprint density at radius 1 is 1.25 bits per heavy atom. The van der Waals surface area contributed by atoms with Crippen molar-refractivity contribution in [2.24, 2.45) is 7.05 Å². The number of likely N-dealkylation sites (tertiary alicyclic amines) is 1. The molecule has 3 rings (SSSR count). The zero-order valence-electron chi connectivity index (χ0n) is 14.1. The topological polar surface area (TPSA) is 67.7 Å². The lowest BCUT2D eigenvalue weighted by Crippen LogP contribution is -2.58. The van der Waals surface area contributed by atoms with Crippen molar-refractivity contribution in [3.63, 3.8) is 0 Å². The van der Waals surface area contributed by atoms with Gasteiger partial charge in [0.15, 0.2) is 0 Å². The summed E-state index contributed by atoms with van der Waals surface area (Å²) >= 11 is 0. The third-order valence-electron chi connectivity index (χ3n) is 4.63. The molecule has 1 aromatic heterocycles. The van der Waals surface area contributed by atoms with E-state index in [1.54, 1.807) is 20.0 Å². The number of morpholine rings is 1. The summed E-state index contributed by atoms with van der Waals surface area (Å²) in [7, 11) is 1.69. The minimum absolute atomic E-state index is 0.150. The molecule has 1 unspecified atom stereocenters. The second-order valence-corrected chi connectivity index (χ2v) is 6.49. The maximum Gasteiger partial charge on any atom is 0.272 e. The van der Waals surface area contributed by atoms with Crippen LogP contribution < -0.4 is 0 Å². The molecule has 0 radical (unpaired) electrons. The molecular formula is C16H23FN4O3. The zero-order valence-corrected chi connectivity index (χ0v) is 14.1. The summed E-state index contributed by atoms with van der Waals surface area (Å²) < 4.78 is 22.0. The minimum Gasteiger partial charge on any atom is -0.378 e. The van der Waals surface area contributed by atoms with Crippen molar-refractivity contribution < 1.29 is 18.7 Å². The predicted octanol–water partition coefficient (Wildman–Crippen LogP) is 0.532. The summed E-state index contributed by atoms with van der Waals surface area (Å²) in [4.78, 5) is 28.2. The normalized spacial score (nSPS) is 25.0. The average molecular weight is 338 g/mol. The fourth-order valence-electron chi connectivity index (χ4n) is 3.38. The van der Waals surface area contributed by atoms with Gasteiger partial charge in [0.1, 0.15) is 5.69 Å². The summed E-state index contributed by atoms with van der Waals surface area (Å²) in [6.45, 7) is 3.71. The fourth-order valence-corrected chi connectivity index (χ4v) is 3.38. The lowest BCUT2D eigenvalue weighted by atomic mass is 9.92. The highest BCUT2D eigenvalue weighted by Gasteiger charge is 2.46. The molecule has 132 valence electrons. The van der Waals surface area contributed by atoms with E-state index < -0.39 is 11.6 Å². The summed E-state index contributed by atoms with van der Waals surface area (Å²) in [5, 5.41) is 4.16. The maximum absolute atomic E-state index is 15.3. The highest BCUT2D eigenvalue weighted by molar-refractivity contribution is 5.94. The Morgan fingerprint density at radius 3 is 2.58 bits per heavy atom. The van der Waals surface area contributed by atoms with Crippen LogP contribution in [0.4, 0.5) is 4.39 Å². The molecule has 2 fully saturated rings. The van der Waals surface area contributed by atoms with Crippen molar-refractivity contribution in [3.8, 4) is 0 Å². The Balaban J connectivity index is 1.74. The molecule has 2 saturated heterocycles. The van der Waals surface area contributed by atoms with Crippen LogP contribution >= 0.6 is 0 Å². The van der Waals surface area contributed by atoms with Gasteiger partial charge in [-0.05, 0) is 25.8 Å². The van der Waals surface area contributed by atoms with Crippen LogP contribution in [0.3, 0.4) is 0 Å². The minimum atomic E-state index is -2.01. The molecule has 0 aromatic carbocycles. The van der Waals surface area contributed by atoms with Gasteiger partial charge in [0.05, 0.1) is 25.5 Å². The summed E-state index contributed by atoms with van der Waals surface area (Å²) in [6.07, 6.45) is 0.618. The van der Waals surface area contributed by atoms with Crippen molar-refractivity contribution in [2.75, 3.05) is 39.4 Å². The highest BCUT2D eigenvalue weighted by Crippen LogP contribution is 2.29. The number of halogens is 1. The molecule has 8 heteroatoms. The molecule has 0 N–H and O–H groups in total. The van der Waals surface area contributed by atoms with E-state index in [0.717, 1.165) is 5.69 Å². The summed E-state index contributed by atoms with van der Waals surface area (Å²) in [5.41, 5.74) is -0.872. The first kappa shape index (κ1) is 16.9. The maximum atomic E-state index is 15.3. The van der Waals surface area contributed by atoms with Crippen LogP contribution in [0.2, 0.25) is 0 Å². The molecule has 7 nitrogen and oxygen atoms in total. The fraction of sp³-hybridized carbons (Fsp3) is 0.688. The third kappa shape index (κ3) is 3.15. The van der Waals surface area contributed by atoms with Gasteiger partial charge in [-0.2, -0.15) is 5.10 Å². The Bertz CT molecular complexity index is 641. The van der Waals surface area contributed by atoms with Gasteiger partial charge in [-0.15, -0.1) is 0 Å². The van der Waals surface area contributed by atoms with Crippen LogP contribution in [0.1, 0.15) is 29.0 Å². The van der Waals surface area contributed by atoms with Crippen LogP contribution in [0, 0.1) is 6.92 Å². The SMILES string of the molecule is Cc1cc(C(=O)N2CCCC(F)(C(=O)N3CCOCC3)C2)n(C)n1. The molecule has 0 spiro atoms. The number of amides is 2. The van der Waals surface area contributed by atoms with Crippen LogP contribution in [0.5, 0.6) is 0 Å². The monoisotopic (exact) mass is 338 g/mol. The third-order valence-corrected chi connectivity index (χ3v) is 4.63. The number of nitrogens with zero attached hydrogens (tertiary/aromatic N) is 4. The van der Waals surface area contributed by atoms with Crippen LogP contribution in [0.15, 0.2) is 6.07 Å². The molecule has 2 aliphatic rings. The number of piperidine rings is 1. The predicted molar refractivity (Wildman–Crippen MR) is 84.3 cm³/mol. The van der Waals surface area contributed by atoms with Crippen molar-refractivity contribution in [1.29, 1.82) is 0 Å². The van der Waals surface area contributed by atoms with E-state index in [0.29, 0.717) is 45.0 Å². The Labute approximate surface area is 140 Å². The van der Waals surface area contributed by atoms with E-state index in [9.17, 15) is 9.59 Å². The van der Waals surface area contributed by atoms with Gasteiger partial charge in [-0.3, -0.25) is 14.3 Å². The van der Waals surface area contributed by atoms with E-state index in [1.807, 2.05) is 0 Å². The molecule has 24 heavy (non-hydrogen) atoms. The summed E-state index contributed by atoms with van der Waals surface area (Å²) in [6, 6.07) is 1.68. The van der Waals surface area contributed by atoms with Crippen molar-refractivity contribution in [1.82, 2.24) is 19.6 Å². The number of hydrogen-bond acceptors (Lipinski definition) is 4. The highest BCUT2D eigenvalue weighted by atomic mass is 19.1. The number of carbonyl (C=O) groups excluding carboxylic acids is 2. The van der Waals surface area contributed by atoms with Gasteiger partial charge < -0.3 is 14.5 Å². The second-order valence-electron chi connectivity index (χ2n) is 6.49. The number of aromatic nitrogens is 2. The molecule has 1 aromatic rings. The number of carbonyl (C=O) groups is 2.